The van der Waals surface area contributed by atoms with Crippen LogP contribution in [0.4, 0.5) is 11.4 Å². The molecule has 166 valence electrons. The second kappa shape index (κ2) is 10.2. The van der Waals surface area contributed by atoms with Crippen LogP contribution < -0.4 is 25.0 Å². The first-order valence-corrected chi connectivity index (χ1v) is 10.7. The number of methoxy groups -OCH3 is 2. The Kier molecular flexibility index (Phi) is 7.39. The lowest BCUT2D eigenvalue weighted by atomic mass is 10.1. The summed E-state index contributed by atoms with van der Waals surface area (Å²) in [5.74, 6) is 0.573. The van der Waals surface area contributed by atoms with Crippen molar-refractivity contribution in [3.8, 4) is 11.5 Å². The number of carbonyl (C=O) groups excluding carboxylic acids is 2. The molecule has 1 aliphatic heterocycles. The fraction of sp³-hybridized carbons (Fsp3) is 0.417. The molecule has 1 fully saturated rings. The molecule has 2 aromatic rings. The Hall–Kier alpha value is -3.22. The van der Waals surface area contributed by atoms with E-state index in [1.165, 1.54) is 7.11 Å². The molecule has 0 aromatic heterocycles. The van der Waals surface area contributed by atoms with Crippen LogP contribution in [0.15, 0.2) is 36.4 Å². The average Bonchev–Trinajstić information content (AvgIpc) is 3.33. The third-order valence-electron chi connectivity index (χ3n) is 5.59. The van der Waals surface area contributed by atoms with E-state index in [1.54, 1.807) is 31.4 Å². The first-order valence-electron chi connectivity index (χ1n) is 10.7. The highest BCUT2D eigenvalue weighted by Gasteiger charge is 2.22. The molecular formula is C24H31N3O4. The molecule has 0 spiro atoms. The summed E-state index contributed by atoms with van der Waals surface area (Å²) in [7, 11) is 3.07. The second-order valence-corrected chi connectivity index (χ2v) is 7.73. The van der Waals surface area contributed by atoms with Gasteiger partial charge in [-0.1, -0.05) is 6.92 Å². The van der Waals surface area contributed by atoms with E-state index < -0.39 is 0 Å². The number of nitrogens with one attached hydrogen (secondary N) is 2. The van der Waals surface area contributed by atoms with Gasteiger partial charge in [0, 0.05) is 36.6 Å². The minimum absolute atomic E-state index is 0.0701. The summed E-state index contributed by atoms with van der Waals surface area (Å²) >= 11 is 0. The van der Waals surface area contributed by atoms with Gasteiger partial charge in [0.2, 0.25) is 0 Å². The fourth-order valence-electron chi connectivity index (χ4n) is 3.62. The summed E-state index contributed by atoms with van der Waals surface area (Å²) in [6.45, 7) is 5.87. The Morgan fingerprint density at radius 1 is 1.00 bits per heavy atom. The zero-order valence-corrected chi connectivity index (χ0v) is 18.7. The van der Waals surface area contributed by atoms with E-state index in [1.807, 2.05) is 26.0 Å². The standard InChI is InChI=1S/C24H31N3O4/c1-5-16(2)25-24(29)20-14-17(8-11-21(20)27-12-6-7-13-27)26-23(28)19-10-9-18(30-3)15-22(19)31-4/h8-11,14-16H,5-7,12-13H2,1-4H3,(H,25,29)(H,26,28). The maximum atomic E-state index is 13.0. The Labute approximate surface area is 183 Å². The molecular weight excluding hydrogens is 394 g/mol. The lowest BCUT2D eigenvalue weighted by Crippen LogP contribution is -2.33. The van der Waals surface area contributed by atoms with Crippen molar-refractivity contribution in [2.75, 3.05) is 37.5 Å². The molecule has 1 heterocycles. The minimum Gasteiger partial charge on any atom is -0.497 e. The first kappa shape index (κ1) is 22.5. The molecule has 0 radical (unpaired) electrons. The molecule has 0 bridgehead atoms. The summed E-state index contributed by atoms with van der Waals surface area (Å²) in [4.78, 5) is 28.1. The minimum atomic E-state index is -0.318. The topological polar surface area (TPSA) is 79.9 Å². The summed E-state index contributed by atoms with van der Waals surface area (Å²) in [6.07, 6.45) is 3.07. The summed E-state index contributed by atoms with van der Waals surface area (Å²) in [5.41, 5.74) is 2.41. The highest BCUT2D eigenvalue weighted by Crippen LogP contribution is 2.29. The van der Waals surface area contributed by atoms with E-state index in [2.05, 4.69) is 15.5 Å². The van der Waals surface area contributed by atoms with Gasteiger partial charge >= 0.3 is 0 Å². The number of ether oxygens (including phenoxy) is 2. The van der Waals surface area contributed by atoms with E-state index in [0.717, 1.165) is 38.0 Å². The molecule has 1 saturated heterocycles. The molecule has 1 atom stereocenters. The Morgan fingerprint density at radius 3 is 2.39 bits per heavy atom. The van der Waals surface area contributed by atoms with Gasteiger partial charge in [0.25, 0.3) is 11.8 Å². The number of benzene rings is 2. The smallest absolute Gasteiger partial charge is 0.259 e. The quantitative estimate of drug-likeness (QED) is 0.666. The van der Waals surface area contributed by atoms with Crippen LogP contribution in [0.2, 0.25) is 0 Å². The molecule has 1 unspecified atom stereocenters. The number of nitrogens with zero attached hydrogens (tertiary/aromatic N) is 1. The highest BCUT2D eigenvalue weighted by atomic mass is 16.5. The third kappa shape index (κ3) is 5.29. The van der Waals surface area contributed by atoms with Gasteiger partial charge in [-0.25, -0.2) is 0 Å². The van der Waals surface area contributed by atoms with Crippen molar-refractivity contribution < 1.29 is 19.1 Å². The fourth-order valence-corrected chi connectivity index (χ4v) is 3.62. The van der Waals surface area contributed by atoms with Crippen LogP contribution in [0, 0.1) is 0 Å². The summed E-state index contributed by atoms with van der Waals surface area (Å²) < 4.78 is 10.5. The van der Waals surface area contributed by atoms with E-state index in [-0.39, 0.29) is 17.9 Å². The van der Waals surface area contributed by atoms with Gasteiger partial charge in [0.1, 0.15) is 11.5 Å². The van der Waals surface area contributed by atoms with Crippen molar-refractivity contribution >= 4 is 23.2 Å². The number of hydrogen-bond donors (Lipinski definition) is 2. The molecule has 1 aliphatic rings. The summed E-state index contributed by atoms with van der Waals surface area (Å²) in [6, 6.07) is 10.6. The van der Waals surface area contributed by atoms with Crippen LogP contribution in [0.3, 0.4) is 0 Å². The van der Waals surface area contributed by atoms with Crippen molar-refractivity contribution in [2.24, 2.45) is 0 Å². The molecule has 2 amide bonds. The van der Waals surface area contributed by atoms with E-state index in [4.69, 9.17) is 9.47 Å². The summed E-state index contributed by atoms with van der Waals surface area (Å²) in [5, 5.41) is 5.93. The maximum absolute atomic E-state index is 13.0. The van der Waals surface area contributed by atoms with E-state index in [0.29, 0.717) is 28.3 Å². The lowest BCUT2D eigenvalue weighted by molar-refractivity contribution is 0.0938. The van der Waals surface area contributed by atoms with E-state index >= 15 is 0 Å². The molecule has 2 aromatic carbocycles. The number of amides is 2. The molecule has 3 rings (SSSR count). The van der Waals surface area contributed by atoms with Crippen LogP contribution in [0.5, 0.6) is 11.5 Å². The first-order chi connectivity index (χ1) is 15.0. The van der Waals surface area contributed by atoms with Crippen molar-refractivity contribution in [3.63, 3.8) is 0 Å². The largest absolute Gasteiger partial charge is 0.497 e. The van der Waals surface area contributed by atoms with Gasteiger partial charge in [0.15, 0.2) is 0 Å². The van der Waals surface area contributed by atoms with Gasteiger partial charge in [-0.05, 0) is 56.5 Å². The highest BCUT2D eigenvalue weighted by molar-refractivity contribution is 6.08. The average molecular weight is 426 g/mol. The molecule has 31 heavy (non-hydrogen) atoms. The number of carbonyl (C=O) groups is 2. The van der Waals surface area contributed by atoms with E-state index in [9.17, 15) is 9.59 Å². The molecule has 7 heteroatoms. The lowest BCUT2D eigenvalue weighted by Gasteiger charge is -2.23. The van der Waals surface area contributed by atoms with Crippen LogP contribution >= 0.6 is 0 Å². The molecule has 2 N–H and O–H groups in total. The monoisotopic (exact) mass is 425 g/mol. The van der Waals surface area contributed by atoms with Crippen LogP contribution in [-0.2, 0) is 0 Å². The third-order valence-corrected chi connectivity index (χ3v) is 5.59. The van der Waals surface area contributed by atoms with Crippen LogP contribution in [0.1, 0.15) is 53.8 Å². The van der Waals surface area contributed by atoms with Crippen molar-refractivity contribution in [1.29, 1.82) is 0 Å². The second-order valence-electron chi connectivity index (χ2n) is 7.73. The number of hydrogen-bond acceptors (Lipinski definition) is 5. The SMILES string of the molecule is CCC(C)NC(=O)c1cc(NC(=O)c2ccc(OC)cc2OC)ccc1N1CCCC1. The van der Waals surface area contributed by atoms with Gasteiger partial charge in [0.05, 0.1) is 25.3 Å². The maximum Gasteiger partial charge on any atom is 0.259 e. The molecule has 0 aliphatic carbocycles. The predicted molar refractivity (Wildman–Crippen MR) is 123 cm³/mol. The normalized spacial score (nSPS) is 14.1. The van der Waals surface area contributed by atoms with Crippen molar-refractivity contribution in [3.05, 3.63) is 47.5 Å². The van der Waals surface area contributed by atoms with Crippen molar-refractivity contribution in [1.82, 2.24) is 5.32 Å². The molecule has 0 saturated carbocycles. The number of rotatable bonds is 8. The zero-order valence-electron chi connectivity index (χ0n) is 18.7. The van der Waals surface area contributed by atoms with Crippen molar-refractivity contribution in [2.45, 2.75) is 39.2 Å². The van der Waals surface area contributed by atoms with Gasteiger partial charge in [-0.15, -0.1) is 0 Å². The Morgan fingerprint density at radius 2 is 1.74 bits per heavy atom. The molecule has 7 nitrogen and oxygen atoms in total. The van der Waals surface area contributed by atoms with Gasteiger partial charge in [-0.3, -0.25) is 9.59 Å². The van der Waals surface area contributed by atoms with Gasteiger partial charge in [-0.2, -0.15) is 0 Å². The Balaban J connectivity index is 1.88. The van der Waals surface area contributed by atoms with Crippen LogP contribution in [0.25, 0.3) is 0 Å². The zero-order chi connectivity index (χ0) is 22.4. The number of anilines is 2. The Bertz CT molecular complexity index is 938. The van der Waals surface area contributed by atoms with Crippen LogP contribution in [-0.4, -0.2) is 45.2 Å². The predicted octanol–water partition coefficient (Wildman–Crippen LogP) is 4.08. The van der Waals surface area contributed by atoms with Gasteiger partial charge < -0.3 is 25.0 Å².